The van der Waals surface area contributed by atoms with Crippen LogP contribution in [0.15, 0.2) is 36.4 Å². The van der Waals surface area contributed by atoms with Gasteiger partial charge in [-0.15, -0.1) is 0 Å². The summed E-state index contributed by atoms with van der Waals surface area (Å²) in [6.07, 6.45) is 0. The molecular formula is C14H10Cl2N2O. The first-order valence-corrected chi connectivity index (χ1v) is 6.47. The lowest BCUT2D eigenvalue weighted by atomic mass is 10.1. The van der Waals surface area contributed by atoms with Crippen molar-refractivity contribution in [2.45, 2.75) is 6.54 Å². The summed E-state index contributed by atoms with van der Waals surface area (Å²) in [5.41, 5.74) is 8.64. The lowest BCUT2D eigenvalue weighted by molar-refractivity contribution is 0.0996. The molecule has 1 aliphatic rings. The molecule has 2 aromatic carbocycles. The van der Waals surface area contributed by atoms with Crippen molar-refractivity contribution in [3.8, 4) is 0 Å². The normalized spacial score (nSPS) is 13.8. The third kappa shape index (κ3) is 2.05. The topological polar surface area (TPSA) is 46.3 Å². The Hall–Kier alpha value is -1.71. The number of halogens is 2. The van der Waals surface area contributed by atoms with E-state index in [0.29, 0.717) is 27.8 Å². The number of fused-ring (bicyclic) bond motifs is 1. The van der Waals surface area contributed by atoms with Crippen molar-refractivity contribution in [1.29, 1.82) is 0 Å². The Labute approximate surface area is 120 Å². The maximum Gasteiger partial charge on any atom is 0.259 e. The molecule has 1 heterocycles. The van der Waals surface area contributed by atoms with Crippen molar-refractivity contribution in [1.82, 2.24) is 0 Å². The lowest BCUT2D eigenvalue weighted by Gasteiger charge is -2.16. The Morgan fingerprint density at radius 3 is 2.58 bits per heavy atom. The Morgan fingerprint density at radius 1 is 1.05 bits per heavy atom. The summed E-state index contributed by atoms with van der Waals surface area (Å²) in [5.74, 6) is -0.0688. The Morgan fingerprint density at radius 2 is 1.84 bits per heavy atom. The molecule has 3 nitrogen and oxygen atoms in total. The van der Waals surface area contributed by atoms with E-state index < -0.39 is 0 Å². The van der Waals surface area contributed by atoms with Crippen LogP contribution in [0, 0.1) is 0 Å². The summed E-state index contributed by atoms with van der Waals surface area (Å²) in [7, 11) is 0. The number of benzene rings is 2. The average molecular weight is 293 g/mol. The molecule has 96 valence electrons. The maximum atomic E-state index is 12.3. The molecule has 5 heteroatoms. The van der Waals surface area contributed by atoms with Crippen molar-refractivity contribution in [3.63, 3.8) is 0 Å². The Balaban J connectivity index is 2.01. The fourth-order valence-corrected chi connectivity index (χ4v) is 2.47. The number of hydrogen-bond acceptors (Lipinski definition) is 2. The van der Waals surface area contributed by atoms with Crippen molar-refractivity contribution in [2.75, 3.05) is 10.6 Å². The zero-order valence-corrected chi connectivity index (χ0v) is 11.4. The number of anilines is 2. The molecule has 0 saturated heterocycles. The number of nitrogens with zero attached hydrogens (tertiary/aromatic N) is 1. The summed E-state index contributed by atoms with van der Waals surface area (Å²) in [6, 6.07) is 10.5. The summed E-state index contributed by atoms with van der Waals surface area (Å²) in [6.45, 7) is 0.520. The molecule has 1 amide bonds. The van der Waals surface area contributed by atoms with E-state index in [1.807, 2.05) is 6.07 Å². The molecule has 0 radical (unpaired) electrons. The highest BCUT2D eigenvalue weighted by atomic mass is 35.5. The minimum Gasteiger partial charge on any atom is -0.399 e. The van der Waals surface area contributed by atoms with Gasteiger partial charge in [-0.1, -0.05) is 29.3 Å². The molecule has 19 heavy (non-hydrogen) atoms. The van der Waals surface area contributed by atoms with Gasteiger partial charge >= 0.3 is 0 Å². The van der Waals surface area contributed by atoms with Crippen LogP contribution in [0.2, 0.25) is 10.0 Å². The van der Waals surface area contributed by atoms with Crippen LogP contribution in [0.5, 0.6) is 0 Å². The number of nitrogens with two attached hydrogens (primary N) is 1. The predicted octanol–water partition coefficient (Wildman–Crippen LogP) is 3.74. The van der Waals surface area contributed by atoms with E-state index in [1.165, 1.54) is 0 Å². The molecule has 0 saturated carbocycles. The van der Waals surface area contributed by atoms with Gasteiger partial charge in [0, 0.05) is 16.9 Å². The second-order valence-electron chi connectivity index (χ2n) is 4.41. The van der Waals surface area contributed by atoms with Gasteiger partial charge in [-0.05, 0) is 35.9 Å². The van der Waals surface area contributed by atoms with E-state index in [2.05, 4.69) is 0 Å². The van der Waals surface area contributed by atoms with Crippen molar-refractivity contribution in [2.24, 2.45) is 0 Å². The van der Waals surface area contributed by atoms with Gasteiger partial charge < -0.3 is 10.6 Å². The van der Waals surface area contributed by atoms with Crippen molar-refractivity contribution >= 4 is 40.5 Å². The molecule has 0 fully saturated rings. The zero-order chi connectivity index (χ0) is 13.6. The molecule has 3 rings (SSSR count). The van der Waals surface area contributed by atoms with Crippen LogP contribution in [0.1, 0.15) is 15.9 Å². The van der Waals surface area contributed by atoms with E-state index in [0.717, 1.165) is 11.3 Å². The second kappa shape index (κ2) is 4.44. The number of hydrogen-bond donors (Lipinski definition) is 1. The van der Waals surface area contributed by atoms with Gasteiger partial charge in [-0.25, -0.2) is 0 Å². The van der Waals surface area contributed by atoms with E-state index in [-0.39, 0.29) is 5.91 Å². The number of rotatable bonds is 1. The lowest BCUT2D eigenvalue weighted by Crippen LogP contribution is -2.22. The third-order valence-electron chi connectivity index (χ3n) is 3.15. The summed E-state index contributed by atoms with van der Waals surface area (Å²) in [5, 5.41) is 0.904. The van der Waals surface area contributed by atoms with Gasteiger partial charge in [0.2, 0.25) is 0 Å². The highest BCUT2D eigenvalue weighted by Crippen LogP contribution is 2.33. The van der Waals surface area contributed by atoms with Crippen molar-refractivity contribution < 1.29 is 4.79 Å². The summed E-state index contributed by atoms with van der Waals surface area (Å²) in [4.78, 5) is 14.0. The molecular weight excluding hydrogens is 283 g/mol. The summed E-state index contributed by atoms with van der Waals surface area (Å²) < 4.78 is 0. The van der Waals surface area contributed by atoms with Gasteiger partial charge in [0.25, 0.3) is 5.91 Å². The van der Waals surface area contributed by atoms with Crippen LogP contribution in [0.3, 0.4) is 0 Å². The molecule has 0 atom stereocenters. The molecule has 0 spiro atoms. The monoisotopic (exact) mass is 292 g/mol. The van der Waals surface area contributed by atoms with Crippen LogP contribution in [-0.2, 0) is 6.54 Å². The van der Waals surface area contributed by atoms with Gasteiger partial charge in [-0.3, -0.25) is 4.79 Å². The first-order chi connectivity index (χ1) is 9.06. The second-order valence-corrected chi connectivity index (χ2v) is 5.22. The van der Waals surface area contributed by atoms with Crippen LogP contribution >= 0.6 is 23.2 Å². The maximum absolute atomic E-state index is 12.3. The number of carbonyl (C=O) groups excluding carboxylic acids is 1. The van der Waals surface area contributed by atoms with E-state index in [9.17, 15) is 4.79 Å². The van der Waals surface area contributed by atoms with Crippen LogP contribution < -0.4 is 10.6 Å². The Bertz CT molecular complexity index is 685. The first kappa shape index (κ1) is 12.3. The van der Waals surface area contributed by atoms with E-state index in [4.69, 9.17) is 28.9 Å². The van der Waals surface area contributed by atoms with Gasteiger partial charge in [0.05, 0.1) is 16.6 Å². The standard InChI is InChI=1S/C14H10Cl2N2O/c15-12-4-3-10(6-13(12)16)18-7-8-1-2-9(17)5-11(8)14(18)19/h1-6H,7,17H2. The predicted molar refractivity (Wildman–Crippen MR) is 77.8 cm³/mol. The molecule has 0 bridgehead atoms. The van der Waals surface area contributed by atoms with Crippen LogP contribution in [-0.4, -0.2) is 5.91 Å². The number of amides is 1. The quantitative estimate of drug-likeness (QED) is 0.814. The van der Waals surface area contributed by atoms with E-state index in [1.54, 1.807) is 35.2 Å². The molecule has 0 aliphatic carbocycles. The fraction of sp³-hybridized carbons (Fsp3) is 0.0714. The van der Waals surface area contributed by atoms with Crippen LogP contribution in [0.25, 0.3) is 0 Å². The number of nitrogen functional groups attached to an aromatic ring is 1. The molecule has 2 aromatic rings. The average Bonchev–Trinajstić information content (AvgIpc) is 2.70. The SMILES string of the molecule is Nc1ccc2c(c1)C(=O)N(c1ccc(Cl)c(Cl)c1)C2. The smallest absolute Gasteiger partial charge is 0.259 e. The highest BCUT2D eigenvalue weighted by molar-refractivity contribution is 6.42. The molecule has 0 unspecified atom stereocenters. The number of carbonyl (C=O) groups is 1. The zero-order valence-electron chi connectivity index (χ0n) is 9.86. The molecule has 1 aliphatic heterocycles. The van der Waals surface area contributed by atoms with Gasteiger partial charge in [0.1, 0.15) is 0 Å². The molecule has 2 N–H and O–H groups in total. The largest absolute Gasteiger partial charge is 0.399 e. The van der Waals surface area contributed by atoms with Gasteiger partial charge in [-0.2, -0.15) is 0 Å². The summed E-state index contributed by atoms with van der Waals surface area (Å²) >= 11 is 11.9. The van der Waals surface area contributed by atoms with Crippen LogP contribution in [0.4, 0.5) is 11.4 Å². The minimum atomic E-state index is -0.0688. The first-order valence-electron chi connectivity index (χ1n) is 5.71. The fourth-order valence-electron chi connectivity index (χ4n) is 2.18. The minimum absolute atomic E-state index is 0.0688. The third-order valence-corrected chi connectivity index (χ3v) is 3.89. The van der Waals surface area contributed by atoms with E-state index >= 15 is 0 Å². The highest BCUT2D eigenvalue weighted by Gasteiger charge is 2.28. The molecule has 0 aromatic heterocycles. The van der Waals surface area contributed by atoms with Gasteiger partial charge in [0.15, 0.2) is 0 Å². The van der Waals surface area contributed by atoms with Crippen molar-refractivity contribution in [3.05, 3.63) is 57.6 Å². The Kier molecular flexibility index (Phi) is 2.88.